The molecule has 3 aromatic rings. The molecule has 0 spiro atoms. The number of pyridine rings is 3. The number of nitrogens with one attached hydrogen (secondary N) is 1. The second kappa shape index (κ2) is 5.32. The summed E-state index contributed by atoms with van der Waals surface area (Å²) in [4.78, 5) is 12.7. The molecule has 0 amide bonds. The summed E-state index contributed by atoms with van der Waals surface area (Å²) in [7, 11) is 0. The maximum absolute atomic E-state index is 4.41. The largest absolute Gasteiger partial charge is 0.379 e. The molecular formula is C14H11BrN4. The molecule has 94 valence electrons. The Hall–Kier alpha value is -2.01. The lowest BCUT2D eigenvalue weighted by Gasteiger charge is -2.08. The second-order valence-electron chi connectivity index (χ2n) is 4.09. The van der Waals surface area contributed by atoms with Crippen molar-refractivity contribution in [3.05, 3.63) is 59.1 Å². The molecule has 19 heavy (non-hydrogen) atoms. The number of rotatable bonds is 3. The summed E-state index contributed by atoms with van der Waals surface area (Å²) < 4.78 is 0.929. The molecule has 0 atom stereocenters. The summed E-state index contributed by atoms with van der Waals surface area (Å²) in [5.41, 5.74) is 3.90. The maximum atomic E-state index is 4.41. The zero-order valence-electron chi connectivity index (χ0n) is 10.0. The van der Waals surface area contributed by atoms with Crippen molar-refractivity contribution in [3.8, 4) is 0 Å². The number of hydrogen-bond acceptors (Lipinski definition) is 4. The van der Waals surface area contributed by atoms with E-state index in [4.69, 9.17) is 0 Å². The van der Waals surface area contributed by atoms with Crippen LogP contribution in [0.1, 0.15) is 5.56 Å². The van der Waals surface area contributed by atoms with Crippen LogP contribution in [0.3, 0.4) is 0 Å². The Bertz CT molecular complexity index is 700. The van der Waals surface area contributed by atoms with Crippen molar-refractivity contribution in [2.75, 3.05) is 5.32 Å². The van der Waals surface area contributed by atoms with E-state index < -0.39 is 0 Å². The second-order valence-corrected chi connectivity index (χ2v) is 5.00. The predicted molar refractivity (Wildman–Crippen MR) is 78.8 cm³/mol. The quantitative estimate of drug-likeness (QED) is 0.805. The van der Waals surface area contributed by atoms with Crippen LogP contribution in [0, 0.1) is 0 Å². The van der Waals surface area contributed by atoms with Crippen LogP contribution in [0.2, 0.25) is 0 Å². The number of hydrogen-bond donors (Lipinski definition) is 1. The lowest BCUT2D eigenvalue weighted by molar-refractivity contribution is 1.12. The van der Waals surface area contributed by atoms with Crippen molar-refractivity contribution in [1.29, 1.82) is 0 Å². The topological polar surface area (TPSA) is 50.7 Å². The first-order valence-corrected chi connectivity index (χ1v) is 6.65. The van der Waals surface area contributed by atoms with E-state index in [9.17, 15) is 0 Å². The Labute approximate surface area is 119 Å². The van der Waals surface area contributed by atoms with Crippen LogP contribution in [0.5, 0.6) is 0 Å². The van der Waals surface area contributed by atoms with Crippen molar-refractivity contribution >= 4 is 32.7 Å². The monoisotopic (exact) mass is 314 g/mol. The fourth-order valence-electron chi connectivity index (χ4n) is 1.85. The van der Waals surface area contributed by atoms with Crippen LogP contribution in [0.15, 0.2) is 53.5 Å². The minimum atomic E-state index is 0.735. The van der Waals surface area contributed by atoms with Crippen LogP contribution >= 0.6 is 15.9 Å². The molecule has 3 rings (SSSR count). The maximum Gasteiger partial charge on any atom is 0.112 e. The average molecular weight is 315 g/mol. The highest BCUT2D eigenvalue weighted by atomic mass is 79.9. The first kappa shape index (κ1) is 12.0. The third-order valence-electron chi connectivity index (χ3n) is 2.78. The lowest BCUT2D eigenvalue weighted by atomic mass is 10.2. The number of anilines is 1. The van der Waals surface area contributed by atoms with Gasteiger partial charge in [-0.15, -0.1) is 0 Å². The highest BCUT2D eigenvalue weighted by molar-refractivity contribution is 9.10. The molecule has 0 aliphatic rings. The number of halogens is 1. The summed E-state index contributed by atoms with van der Waals surface area (Å²) in [6.07, 6.45) is 7.14. The predicted octanol–water partition coefficient (Wildman–Crippen LogP) is 3.40. The van der Waals surface area contributed by atoms with Crippen molar-refractivity contribution in [2.24, 2.45) is 0 Å². The van der Waals surface area contributed by atoms with Crippen LogP contribution in [0.25, 0.3) is 11.0 Å². The minimum Gasteiger partial charge on any atom is -0.379 e. The number of nitrogens with zero attached hydrogens (tertiary/aromatic N) is 3. The highest BCUT2D eigenvalue weighted by Crippen LogP contribution is 2.22. The summed E-state index contributed by atoms with van der Waals surface area (Å²) in [6.45, 7) is 0.735. The van der Waals surface area contributed by atoms with Crippen LogP contribution in [-0.2, 0) is 6.54 Å². The molecule has 3 aromatic heterocycles. The third-order valence-corrected chi connectivity index (χ3v) is 3.21. The van der Waals surface area contributed by atoms with E-state index in [1.54, 1.807) is 24.8 Å². The van der Waals surface area contributed by atoms with Gasteiger partial charge >= 0.3 is 0 Å². The van der Waals surface area contributed by atoms with Gasteiger partial charge in [0.25, 0.3) is 0 Å². The van der Waals surface area contributed by atoms with Gasteiger partial charge in [0.1, 0.15) is 5.52 Å². The summed E-state index contributed by atoms with van der Waals surface area (Å²) in [6, 6.07) is 7.87. The smallest absolute Gasteiger partial charge is 0.112 e. The zero-order valence-corrected chi connectivity index (χ0v) is 11.6. The highest BCUT2D eigenvalue weighted by Gasteiger charge is 2.03. The molecule has 1 N–H and O–H groups in total. The molecule has 3 heterocycles. The van der Waals surface area contributed by atoms with Crippen molar-refractivity contribution in [3.63, 3.8) is 0 Å². The molecule has 0 bridgehead atoms. The van der Waals surface area contributed by atoms with Gasteiger partial charge in [-0.2, -0.15) is 0 Å². The normalized spacial score (nSPS) is 10.6. The molecule has 0 saturated heterocycles. The summed E-state index contributed by atoms with van der Waals surface area (Å²) in [5.74, 6) is 0. The van der Waals surface area contributed by atoms with Crippen molar-refractivity contribution < 1.29 is 0 Å². The fraction of sp³-hybridized carbons (Fsp3) is 0.0714. The van der Waals surface area contributed by atoms with Gasteiger partial charge < -0.3 is 5.32 Å². The van der Waals surface area contributed by atoms with Gasteiger partial charge in [0.05, 0.1) is 11.2 Å². The van der Waals surface area contributed by atoms with Crippen LogP contribution in [-0.4, -0.2) is 15.0 Å². The Morgan fingerprint density at radius 2 is 1.89 bits per heavy atom. The van der Waals surface area contributed by atoms with Gasteiger partial charge in [0.2, 0.25) is 0 Å². The zero-order chi connectivity index (χ0) is 13.1. The molecule has 5 heteroatoms. The Morgan fingerprint density at radius 1 is 1.05 bits per heavy atom. The van der Waals surface area contributed by atoms with Gasteiger partial charge in [-0.05, 0) is 45.8 Å². The fourth-order valence-corrected chi connectivity index (χ4v) is 2.17. The molecule has 0 aliphatic carbocycles. The van der Waals surface area contributed by atoms with E-state index in [-0.39, 0.29) is 0 Å². The molecule has 0 fully saturated rings. The van der Waals surface area contributed by atoms with E-state index in [2.05, 4.69) is 36.2 Å². The average Bonchev–Trinajstić information content (AvgIpc) is 2.45. The van der Waals surface area contributed by atoms with Gasteiger partial charge in [-0.3, -0.25) is 15.0 Å². The first-order valence-electron chi connectivity index (χ1n) is 5.86. The molecule has 0 unspecified atom stereocenters. The molecule has 4 nitrogen and oxygen atoms in total. The Kier molecular flexibility index (Phi) is 3.37. The number of fused-ring (bicyclic) bond motifs is 1. The van der Waals surface area contributed by atoms with E-state index in [1.165, 1.54) is 5.56 Å². The third kappa shape index (κ3) is 2.71. The van der Waals surface area contributed by atoms with E-state index in [1.807, 2.05) is 24.3 Å². The molecule has 0 radical (unpaired) electrons. The molecule has 0 aliphatic heterocycles. The molecule has 0 aromatic carbocycles. The first-order chi connectivity index (χ1) is 9.33. The summed E-state index contributed by atoms with van der Waals surface area (Å²) >= 11 is 3.40. The van der Waals surface area contributed by atoms with E-state index in [0.29, 0.717) is 0 Å². The van der Waals surface area contributed by atoms with E-state index >= 15 is 0 Å². The van der Waals surface area contributed by atoms with Crippen molar-refractivity contribution in [1.82, 2.24) is 15.0 Å². The van der Waals surface area contributed by atoms with Gasteiger partial charge in [-0.1, -0.05) is 0 Å². The van der Waals surface area contributed by atoms with Gasteiger partial charge in [0.15, 0.2) is 0 Å². The van der Waals surface area contributed by atoms with Gasteiger partial charge in [0, 0.05) is 35.8 Å². The van der Waals surface area contributed by atoms with E-state index in [0.717, 1.165) is 27.7 Å². The van der Waals surface area contributed by atoms with Gasteiger partial charge in [-0.25, -0.2) is 0 Å². The standard InChI is InChI=1S/C14H11BrN4/c15-11-7-13-14(19-9-11)12(3-6-17-13)18-8-10-1-4-16-5-2-10/h1-7,9H,8H2,(H,17,18). The Morgan fingerprint density at radius 3 is 2.74 bits per heavy atom. The lowest BCUT2D eigenvalue weighted by Crippen LogP contribution is -2.01. The molecule has 0 saturated carbocycles. The van der Waals surface area contributed by atoms with Crippen LogP contribution in [0.4, 0.5) is 5.69 Å². The Balaban J connectivity index is 1.89. The van der Waals surface area contributed by atoms with Crippen LogP contribution < -0.4 is 5.32 Å². The summed E-state index contributed by atoms with van der Waals surface area (Å²) in [5, 5.41) is 3.38. The SMILES string of the molecule is Brc1cnc2c(NCc3ccncc3)ccnc2c1. The molecular weight excluding hydrogens is 304 g/mol. The number of aromatic nitrogens is 3. The minimum absolute atomic E-state index is 0.735. The van der Waals surface area contributed by atoms with Crippen molar-refractivity contribution in [2.45, 2.75) is 6.54 Å².